The second-order valence-electron chi connectivity index (χ2n) is 3.01. The maximum atomic E-state index is 13.6. The monoisotopic (exact) mass is 223 g/mol. The molecule has 0 saturated heterocycles. The number of aromatic nitrogens is 1. The highest BCUT2D eigenvalue weighted by Crippen LogP contribution is 2.29. The number of halogens is 1. The van der Waals surface area contributed by atoms with Gasteiger partial charge in [-0.2, -0.15) is 4.39 Å². The Labute approximate surface area is 88.6 Å². The molecule has 2 rings (SSSR count). The third kappa shape index (κ3) is 1.58. The zero-order chi connectivity index (χ0) is 11.7. The van der Waals surface area contributed by atoms with E-state index in [2.05, 4.69) is 5.16 Å². The van der Waals surface area contributed by atoms with Crippen LogP contribution in [0.25, 0.3) is 11.3 Å². The van der Waals surface area contributed by atoms with Gasteiger partial charge in [0.15, 0.2) is 11.6 Å². The van der Waals surface area contributed by atoms with Crippen LogP contribution in [-0.4, -0.2) is 10.1 Å². The summed E-state index contributed by atoms with van der Waals surface area (Å²) in [7, 11) is 0. The molecule has 0 bridgehead atoms. The Bertz CT molecular complexity index is 553. The lowest BCUT2D eigenvalue weighted by Crippen LogP contribution is -1.94. The van der Waals surface area contributed by atoms with E-state index in [9.17, 15) is 14.5 Å². The maximum Gasteiger partial charge on any atom is 0.305 e. The average Bonchev–Trinajstić information content (AvgIpc) is 2.64. The molecule has 6 nitrogen and oxygen atoms in total. The van der Waals surface area contributed by atoms with Crippen LogP contribution in [0.15, 0.2) is 28.8 Å². The van der Waals surface area contributed by atoms with Crippen LogP contribution in [0, 0.1) is 15.9 Å². The van der Waals surface area contributed by atoms with Crippen LogP contribution in [0.1, 0.15) is 0 Å². The largest absolute Gasteiger partial charge is 0.381 e. The Hall–Kier alpha value is -2.44. The van der Waals surface area contributed by atoms with Crippen molar-refractivity contribution in [2.45, 2.75) is 0 Å². The molecule has 2 aromatic rings. The lowest BCUT2D eigenvalue weighted by Gasteiger charge is -1.98. The van der Waals surface area contributed by atoms with Crippen molar-refractivity contribution in [2.24, 2.45) is 0 Å². The molecule has 0 aliphatic carbocycles. The quantitative estimate of drug-likeness (QED) is 0.620. The van der Waals surface area contributed by atoms with Gasteiger partial charge in [0.05, 0.1) is 10.5 Å². The van der Waals surface area contributed by atoms with Crippen molar-refractivity contribution in [2.75, 3.05) is 5.73 Å². The third-order valence-corrected chi connectivity index (χ3v) is 1.97. The van der Waals surface area contributed by atoms with Crippen LogP contribution >= 0.6 is 0 Å². The van der Waals surface area contributed by atoms with Gasteiger partial charge in [-0.25, -0.2) is 0 Å². The molecule has 0 atom stereocenters. The van der Waals surface area contributed by atoms with Crippen molar-refractivity contribution in [1.29, 1.82) is 0 Å². The summed E-state index contributed by atoms with van der Waals surface area (Å²) < 4.78 is 18.4. The minimum absolute atomic E-state index is 0.0431. The van der Waals surface area contributed by atoms with Gasteiger partial charge in [-0.05, 0) is 6.07 Å². The molecule has 0 unspecified atom stereocenters. The van der Waals surface area contributed by atoms with Crippen molar-refractivity contribution in [3.8, 4) is 11.3 Å². The summed E-state index contributed by atoms with van der Waals surface area (Å²) in [6, 6.07) is 5.07. The number of rotatable bonds is 2. The van der Waals surface area contributed by atoms with E-state index in [0.29, 0.717) is 0 Å². The first kappa shape index (κ1) is 10.1. The molecule has 1 aromatic carbocycles. The summed E-state index contributed by atoms with van der Waals surface area (Å²) in [6.45, 7) is 0. The highest BCUT2D eigenvalue weighted by Gasteiger charge is 2.20. The van der Waals surface area contributed by atoms with Gasteiger partial charge in [0.1, 0.15) is 0 Å². The summed E-state index contributed by atoms with van der Waals surface area (Å²) in [5.74, 6) is -0.830. The van der Waals surface area contributed by atoms with Crippen LogP contribution in [0.3, 0.4) is 0 Å². The number of nitro groups is 1. The molecule has 82 valence electrons. The molecule has 2 N–H and O–H groups in total. The van der Waals surface area contributed by atoms with Gasteiger partial charge >= 0.3 is 5.69 Å². The Morgan fingerprint density at radius 1 is 1.50 bits per heavy atom. The average molecular weight is 223 g/mol. The van der Waals surface area contributed by atoms with E-state index in [1.165, 1.54) is 18.2 Å². The number of nitrogens with zero attached hydrogens (tertiary/aromatic N) is 2. The lowest BCUT2D eigenvalue weighted by molar-refractivity contribution is -0.387. The second kappa shape index (κ2) is 3.61. The maximum absolute atomic E-state index is 13.6. The van der Waals surface area contributed by atoms with E-state index >= 15 is 0 Å². The first-order chi connectivity index (χ1) is 7.59. The van der Waals surface area contributed by atoms with E-state index in [-0.39, 0.29) is 17.1 Å². The van der Waals surface area contributed by atoms with E-state index in [4.69, 9.17) is 10.3 Å². The molecule has 0 aliphatic rings. The molecule has 0 aliphatic heterocycles. The second-order valence-corrected chi connectivity index (χ2v) is 3.01. The molecule has 0 saturated carbocycles. The van der Waals surface area contributed by atoms with Crippen molar-refractivity contribution >= 4 is 11.5 Å². The van der Waals surface area contributed by atoms with Gasteiger partial charge in [-0.15, -0.1) is 0 Å². The third-order valence-electron chi connectivity index (χ3n) is 1.97. The number of hydrogen-bond acceptors (Lipinski definition) is 5. The number of anilines is 1. The van der Waals surface area contributed by atoms with Gasteiger partial charge in [0.25, 0.3) is 0 Å². The number of benzene rings is 1. The molecule has 1 aromatic heterocycles. The number of nitrogen functional groups attached to an aromatic ring is 1. The number of hydrogen-bond donors (Lipinski definition) is 1. The number of nitrogens with two attached hydrogens (primary N) is 1. The zero-order valence-electron chi connectivity index (χ0n) is 7.88. The Kier molecular flexibility index (Phi) is 2.28. The van der Waals surface area contributed by atoms with Crippen molar-refractivity contribution in [3.63, 3.8) is 0 Å². The van der Waals surface area contributed by atoms with Crippen molar-refractivity contribution in [1.82, 2.24) is 5.16 Å². The fourth-order valence-electron chi connectivity index (χ4n) is 1.27. The zero-order valence-corrected chi connectivity index (χ0v) is 7.88. The van der Waals surface area contributed by atoms with Gasteiger partial charge < -0.3 is 10.3 Å². The normalized spacial score (nSPS) is 10.3. The van der Waals surface area contributed by atoms with Gasteiger partial charge in [-0.1, -0.05) is 11.2 Å². The molecule has 0 fully saturated rings. The fourth-order valence-corrected chi connectivity index (χ4v) is 1.27. The molecule has 1 heterocycles. The molecule has 0 spiro atoms. The highest BCUT2D eigenvalue weighted by atomic mass is 19.1. The predicted octanol–water partition coefficient (Wildman–Crippen LogP) is 1.97. The first-order valence-electron chi connectivity index (χ1n) is 4.25. The molecule has 7 heteroatoms. The molecular formula is C9H6FN3O3. The Morgan fingerprint density at radius 2 is 2.25 bits per heavy atom. The standard InChI is InChI=1S/C9H6FN3O3/c10-9-5(7-4-8(11)12-16-7)2-1-3-6(9)13(14)15/h1-4H,(H2,11,12). The molecule has 16 heavy (non-hydrogen) atoms. The highest BCUT2D eigenvalue weighted by molar-refractivity contribution is 5.64. The minimum Gasteiger partial charge on any atom is -0.381 e. The van der Waals surface area contributed by atoms with Crippen LogP contribution < -0.4 is 5.73 Å². The summed E-state index contributed by atoms with van der Waals surface area (Å²) in [4.78, 5) is 9.70. The predicted molar refractivity (Wildman–Crippen MR) is 53.0 cm³/mol. The smallest absolute Gasteiger partial charge is 0.305 e. The van der Waals surface area contributed by atoms with Crippen LogP contribution in [0.5, 0.6) is 0 Å². The molecular weight excluding hydrogens is 217 g/mol. The van der Waals surface area contributed by atoms with E-state index in [1.807, 2.05) is 0 Å². The van der Waals surface area contributed by atoms with Crippen molar-refractivity contribution in [3.05, 3.63) is 40.2 Å². The SMILES string of the molecule is Nc1cc(-c2cccc([N+](=O)[O-])c2F)on1. The van der Waals surface area contributed by atoms with Gasteiger partial charge in [0.2, 0.25) is 5.82 Å². The number of nitro benzene ring substituents is 1. The van der Waals surface area contributed by atoms with Gasteiger partial charge in [0, 0.05) is 12.1 Å². The van der Waals surface area contributed by atoms with E-state index < -0.39 is 16.4 Å². The van der Waals surface area contributed by atoms with E-state index in [0.717, 1.165) is 6.07 Å². The van der Waals surface area contributed by atoms with Crippen LogP contribution in [0.4, 0.5) is 15.9 Å². The summed E-state index contributed by atoms with van der Waals surface area (Å²) in [5, 5.41) is 13.9. The van der Waals surface area contributed by atoms with Crippen LogP contribution in [-0.2, 0) is 0 Å². The van der Waals surface area contributed by atoms with Gasteiger partial charge in [-0.3, -0.25) is 10.1 Å². The minimum atomic E-state index is -0.969. The fraction of sp³-hybridized carbons (Fsp3) is 0. The Morgan fingerprint density at radius 3 is 2.81 bits per heavy atom. The first-order valence-corrected chi connectivity index (χ1v) is 4.25. The topological polar surface area (TPSA) is 95.2 Å². The van der Waals surface area contributed by atoms with Crippen molar-refractivity contribution < 1.29 is 13.8 Å². The summed E-state index contributed by atoms with van der Waals surface area (Å²) >= 11 is 0. The van der Waals surface area contributed by atoms with Crippen LogP contribution in [0.2, 0.25) is 0 Å². The summed E-state index contributed by atoms with van der Waals surface area (Å²) in [6.07, 6.45) is 0. The molecule has 0 amide bonds. The Balaban J connectivity index is 2.58. The lowest BCUT2D eigenvalue weighted by atomic mass is 10.1. The van der Waals surface area contributed by atoms with E-state index in [1.54, 1.807) is 0 Å². The summed E-state index contributed by atoms with van der Waals surface area (Å²) in [5.41, 5.74) is 4.64. The molecule has 0 radical (unpaired) electrons.